The van der Waals surface area contributed by atoms with E-state index in [2.05, 4.69) is 34.0 Å². The van der Waals surface area contributed by atoms with Crippen LogP contribution in [0.5, 0.6) is 0 Å². The molecule has 0 spiro atoms. The Morgan fingerprint density at radius 3 is 2.56 bits per heavy atom. The summed E-state index contributed by atoms with van der Waals surface area (Å²) in [6.07, 6.45) is -0.234. The van der Waals surface area contributed by atoms with Crippen LogP contribution in [0.15, 0.2) is 24.3 Å². The first kappa shape index (κ1) is 17.6. The molecular formula is C17H23N5O2S. The van der Waals surface area contributed by atoms with Gasteiger partial charge in [-0.1, -0.05) is 29.8 Å². The number of hydrogen-bond donors (Lipinski definition) is 1. The largest absolute Gasteiger partial charge is 0.450 e. The number of carbonyl (C=O) groups is 1. The molecule has 8 heteroatoms. The maximum Gasteiger partial charge on any atom is 0.409 e. The van der Waals surface area contributed by atoms with Gasteiger partial charge in [0.05, 0.1) is 13.3 Å². The molecule has 1 N–H and O–H groups in total. The van der Waals surface area contributed by atoms with E-state index in [0.717, 1.165) is 24.5 Å². The van der Waals surface area contributed by atoms with Crippen LogP contribution in [0.4, 0.5) is 4.79 Å². The first-order valence-corrected chi connectivity index (χ1v) is 8.85. The van der Waals surface area contributed by atoms with Gasteiger partial charge < -0.3 is 9.64 Å². The topological polar surface area (TPSA) is 66.4 Å². The Morgan fingerprint density at radius 2 is 1.92 bits per heavy atom. The minimum absolute atomic E-state index is 0.234. The molecule has 1 aliphatic rings. The summed E-state index contributed by atoms with van der Waals surface area (Å²) in [5, 5.41) is 3.27. The van der Waals surface area contributed by atoms with Crippen molar-refractivity contribution < 1.29 is 9.53 Å². The Balaban J connectivity index is 1.62. The minimum Gasteiger partial charge on any atom is -0.450 e. The zero-order chi connectivity index (χ0) is 17.8. The lowest BCUT2D eigenvalue weighted by Gasteiger charge is -2.33. The Morgan fingerprint density at radius 1 is 1.24 bits per heavy atom. The first-order chi connectivity index (χ1) is 12.1. The monoisotopic (exact) mass is 361 g/mol. The zero-order valence-corrected chi connectivity index (χ0v) is 15.4. The summed E-state index contributed by atoms with van der Waals surface area (Å²) in [5.74, 6) is 0.773. The molecule has 0 saturated carbocycles. The van der Waals surface area contributed by atoms with Crippen LogP contribution in [-0.2, 0) is 11.4 Å². The van der Waals surface area contributed by atoms with Crippen molar-refractivity contribution in [1.29, 1.82) is 0 Å². The van der Waals surface area contributed by atoms with Gasteiger partial charge >= 0.3 is 6.09 Å². The van der Waals surface area contributed by atoms with Crippen LogP contribution >= 0.6 is 12.2 Å². The van der Waals surface area contributed by atoms with Gasteiger partial charge in [-0.05, 0) is 26.1 Å². The molecule has 1 aliphatic heterocycles. The molecule has 1 aromatic heterocycles. The molecule has 0 unspecified atom stereocenters. The molecule has 0 atom stereocenters. The van der Waals surface area contributed by atoms with Crippen molar-refractivity contribution in [2.75, 3.05) is 32.8 Å². The van der Waals surface area contributed by atoms with Gasteiger partial charge in [0, 0.05) is 31.7 Å². The van der Waals surface area contributed by atoms with Crippen molar-refractivity contribution in [3.63, 3.8) is 0 Å². The van der Waals surface area contributed by atoms with Crippen LogP contribution in [0.3, 0.4) is 0 Å². The molecule has 0 aliphatic carbocycles. The van der Waals surface area contributed by atoms with E-state index >= 15 is 0 Å². The van der Waals surface area contributed by atoms with Gasteiger partial charge in [0.2, 0.25) is 4.77 Å². The number of aromatic nitrogens is 3. The quantitative estimate of drug-likeness (QED) is 0.848. The van der Waals surface area contributed by atoms with Crippen LogP contribution in [0.1, 0.15) is 12.5 Å². The lowest BCUT2D eigenvalue weighted by atomic mass is 10.1. The lowest BCUT2D eigenvalue weighted by Crippen LogP contribution is -2.49. The number of piperazine rings is 1. The molecule has 25 heavy (non-hydrogen) atoms. The number of aryl methyl sites for hydroxylation is 1. The van der Waals surface area contributed by atoms with Gasteiger partial charge in [-0.2, -0.15) is 4.98 Å². The van der Waals surface area contributed by atoms with Crippen LogP contribution in [0, 0.1) is 11.7 Å². The van der Waals surface area contributed by atoms with Gasteiger partial charge in [-0.25, -0.2) is 9.48 Å². The third kappa shape index (κ3) is 4.26. The number of nitrogens with one attached hydrogen (secondary N) is 1. The molecule has 1 aromatic carbocycles. The summed E-state index contributed by atoms with van der Waals surface area (Å²) in [6.45, 7) is 7.79. The molecule has 1 saturated heterocycles. The summed E-state index contributed by atoms with van der Waals surface area (Å²) >= 11 is 5.38. The highest BCUT2D eigenvalue weighted by Crippen LogP contribution is 2.16. The smallest absolute Gasteiger partial charge is 0.409 e. The average molecular weight is 361 g/mol. The fraction of sp³-hybridized carbons (Fsp3) is 0.471. The molecule has 0 radical (unpaired) electrons. The van der Waals surface area contributed by atoms with E-state index in [0.29, 0.717) is 31.1 Å². The summed E-state index contributed by atoms with van der Waals surface area (Å²) in [7, 11) is 0. The number of carbonyl (C=O) groups excluding carboxylic acids is 1. The molecule has 134 valence electrons. The Hall–Kier alpha value is -2.19. The van der Waals surface area contributed by atoms with E-state index in [-0.39, 0.29) is 6.09 Å². The second kappa shape index (κ2) is 7.79. The van der Waals surface area contributed by atoms with E-state index < -0.39 is 0 Å². The SMILES string of the molecule is CCOC(=O)N1CCN(Cn2[nH]c(-c3ccc(C)cc3)nc2=S)CC1. The molecule has 1 amide bonds. The number of amides is 1. The molecule has 3 rings (SSSR count). The van der Waals surface area contributed by atoms with E-state index in [1.807, 2.05) is 23.7 Å². The zero-order valence-electron chi connectivity index (χ0n) is 14.6. The van der Waals surface area contributed by atoms with Crippen molar-refractivity contribution in [3.8, 4) is 11.4 Å². The molecule has 0 bridgehead atoms. The number of aromatic amines is 1. The van der Waals surface area contributed by atoms with Crippen molar-refractivity contribution >= 4 is 18.3 Å². The summed E-state index contributed by atoms with van der Waals surface area (Å²) in [6, 6.07) is 8.18. The number of benzene rings is 1. The van der Waals surface area contributed by atoms with Gasteiger partial charge in [-0.15, -0.1) is 0 Å². The number of nitrogens with zero attached hydrogens (tertiary/aromatic N) is 4. The standard InChI is InChI=1S/C17H23N5O2S/c1-3-24-17(23)21-10-8-20(9-11-21)12-22-16(25)18-15(19-22)14-6-4-13(2)5-7-14/h4-7H,3,8-12H2,1-2H3,(H,18,19,25). The van der Waals surface area contributed by atoms with E-state index in [4.69, 9.17) is 17.0 Å². The van der Waals surface area contributed by atoms with Crippen LogP contribution in [0.25, 0.3) is 11.4 Å². The van der Waals surface area contributed by atoms with Gasteiger partial charge in [0.1, 0.15) is 0 Å². The van der Waals surface area contributed by atoms with E-state index in [1.54, 1.807) is 4.90 Å². The highest BCUT2D eigenvalue weighted by atomic mass is 32.1. The van der Waals surface area contributed by atoms with Crippen LogP contribution in [-0.4, -0.2) is 63.4 Å². The summed E-state index contributed by atoms with van der Waals surface area (Å²) < 4.78 is 7.44. The third-order valence-electron chi connectivity index (χ3n) is 4.24. The number of H-pyrrole nitrogens is 1. The maximum atomic E-state index is 11.7. The van der Waals surface area contributed by atoms with E-state index in [1.165, 1.54) is 5.56 Å². The highest BCUT2D eigenvalue weighted by Gasteiger charge is 2.22. The normalized spacial score (nSPS) is 15.4. The van der Waals surface area contributed by atoms with Gasteiger partial charge in [0.25, 0.3) is 0 Å². The molecule has 2 heterocycles. The Kier molecular flexibility index (Phi) is 5.50. The molecular weight excluding hydrogens is 338 g/mol. The Bertz CT molecular complexity index is 775. The van der Waals surface area contributed by atoms with Crippen molar-refractivity contribution in [2.45, 2.75) is 20.5 Å². The number of hydrogen-bond acceptors (Lipinski definition) is 5. The summed E-state index contributed by atoms with van der Waals surface area (Å²) in [4.78, 5) is 20.2. The van der Waals surface area contributed by atoms with Crippen molar-refractivity contribution in [1.82, 2.24) is 24.6 Å². The molecule has 2 aromatic rings. The first-order valence-electron chi connectivity index (χ1n) is 8.44. The predicted molar refractivity (Wildman–Crippen MR) is 97.8 cm³/mol. The fourth-order valence-electron chi connectivity index (χ4n) is 2.78. The van der Waals surface area contributed by atoms with E-state index in [9.17, 15) is 4.79 Å². The van der Waals surface area contributed by atoms with Crippen LogP contribution in [0.2, 0.25) is 0 Å². The predicted octanol–water partition coefficient (Wildman–Crippen LogP) is 2.65. The molecule has 1 fully saturated rings. The minimum atomic E-state index is -0.234. The maximum absolute atomic E-state index is 11.7. The van der Waals surface area contributed by atoms with Gasteiger partial charge in [-0.3, -0.25) is 10.00 Å². The third-order valence-corrected chi connectivity index (χ3v) is 4.56. The second-order valence-electron chi connectivity index (χ2n) is 6.09. The summed E-state index contributed by atoms with van der Waals surface area (Å²) in [5.41, 5.74) is 2.23. The van der Waals surface area contributed by atoms with Crippen molar-refractivity contribution in [3.05, 3.63) is 34.6 Å². The fourth-order valence-corrected chi connectivity index (χ4v) is 2.97. The second-order valence-corrected chi connectivity index (χ2v) is 6.46. The lowest BCUT2D eigenvalue weighted by molar-refractivity contribution is 0.0691. The highest BCUT2D eigenvalue weighted by molar-refractivity contribution is 7.71. The van der Waals surface area contributed by atoms with Gasteiger partial charge in [0.15, 0.2) is 5.82 Å². The average Bonchev–Trinajstić information content (AvgIpc) is 2.97. The number of ether oxygens (including phenoxy) is 1. The molecule has 7 nitrogen and oxygen atoms in total. The van der Waals surface area contributed by atoms with Crippen molar-refractivity contribution in [2.24, 2.45) is 0 Å². The number of rotatable bonds is 4. The Labute approximate surface area is 152 Å². The van der Waals surface area contributed by atoms with Crippen LogP contribution < -0.4 is 0 Å².